The summed E-state index contributed by atoms with van der Waals surface area (Å²) in [5, 5.41) is 4.16. The minimum atomic E-state index is -0.553. The summed E-state index contributed by atoms with van der Waals surface area (Å²) in [6.07, 6.45) is 1.97. The van der Waals surface area contributed by atoms with Crippen LogP contribution in [-0.2, 0) is 4.79 Å². The molecule has 2 aromatic rings. The average Bonchev–Trinajstić information content (AvgIpc) is 2.86. The van der Waals surface area contributed by atoms with Crippen LogP contribution in [0.25, 0.3) is 5.82 Å². The second-order valence-corrected chi connectivity index (χ2v) is 5.09. The van der Waals surface area contributed by atoms with Gasteiger partial charge in [-0.3, -0.25) is 4.79 Å². The Bertz CT molecular complexity index is 694. The minimum Gasteiger partial charge on any atom is -0.342 e. The zero-order valence-corrected chi connectivity index (χ0v) is 12.4. The van der Waals surface area contributed by atoms with Crippen LogP contribution in [0.5, 0.6) is 0 Å². The van der Waals surface area contributed by atoms with Crippen LogP contribution < -0.4 is 4.90 Å². The molecule has 0 N–H and O–H groups in total. The van der Waals surface area contributed by atoms with E-state index in [9.17, 15) is 9.18 Å². The van der Waals surface area contributed by atoms with Gasteiger partial charge in [-0.15, -0.1) is 5.10 Å². The standard InChI is InChI=1S/C13H16FN7O/c1-9-16-10(2)21(18-9)12-11(14)7-15-13(17-12)20-5-3-19(8-22)4-6-20/h7-8H,3-6H2,1-2H3. The highest BCUT2D eigenvalue weighted by molar-refractivity contribution is 5.48. The third kappa shape index (κ3) is 2.61. The summed E-state index contributed by atoms with van der Waals surface area (Å²) in [5.74, 6) is 1.07. The zero-order chi connectivity index (χ0) is 15.7. The van der Waals surface area contributed by atoms with Gasteiger partial charge in [0.15, 0.2) is 11.6 Å². The lowest BCUT2D eigenvalue weighted by atomic mass is 10.3. The maximum atomic E-state index is 14.0. The summed E-state index contributed by atoms with van der Waals surface area (Å²) in [6, 6.07) is 0. The highest BCUT2D eigenvalue weighted by Gasteiger charge is 2.20. The second-order valence-electron chi connectivity index (χ2n) is 5.09. The second kappa shape index (κ2) is 5.66. The first kappa shape index (κ1) is 14.4. The van der Waals surface area contributed by atoms with E-state index in [4.69, 9.17) is 0 Å². The van der Waals surface area contributed by atoms with Crippen molar-refractivity contribution in [3.8, 4) is 5.82 Å². The number of hydrogen-bond donors (Lipinski definition) is 0. The summed E-state index contributed by atoms with van der Waals surface area (Å²) in [4.78, 5) is 26.8. The molecule has 9 heteroatoms. The third-order valence-corrected chi connectivity index (χ3v) is 3.53. The maximum Gasteiger partial charge on any atom is 0.227 e. The van der Waals surface area contributed by atoms with E-state index >= 15 is 0 Å². The molecule has 1 aliphatic rings. The van der Waals surface area contributed by atoms with Crippen LogP contribution in [-0.4, -0.2) is 62.2 Å². The van der Waals surface area contributed by atoms with Crippen molar-refractivity contribution in [3.05, 3.63) is 23.7 Å². The molecule has 2 aromatic heterocycles. The normalized spacial score (nSPS) is 15.2. The van der Waals surface area contributed by atoms with Gasteiger partial charge in [0, 0.05) is 26.2 Å². The molecule has 3 heterocycles. The average molecular weight is 305 g/mol. The molecule has 0 bridgehead atoms. The monoisotopic (exact) mass is 305 g/mol. The van der Waals surface area contributed by atoms with E-state index in [1.807, 2.05) is 4.90 Å². The molecule has 1 saturated heterocycles. The molecule has 3 rings (SSSR count). The molecule has 0 aromatic carbocycles. The van der Waals surface area contributed by atoms with Crippen LogP contribution in [0.1, 0.15) is 11.6 Å². The fourth-order valence-electron chi connectivity index (χ4n) is 2.40. The Morgan fingerprint density at radius 3 is 2.50 bits per heavy atom. The minimum absolute atomic E-state index is 0.0842. The lowest BCUT2D eigenvalue weighted by Crippen LogP contribution is -2.46. The number of aryl methyl sites for hydroxylation is 2. The van der Waals surface area contributed by atoms with Crippen molar-refractivity contribution in [1.29, 1.82) is 0 Å². The van der Waals surface area contributed by atoms with Crippen molar-refractivity contribution in [2.75, 3.05) is 31.1 Å². The molecule has 0 aliphatic carbocycles. The lowest BCUT2D eigenvalue weighted by molar-refractivity contribution is -0.118. The number of aromatic nitrogens is 5. The Kier molecular flexibility index (Phi) is 3.70. The van der Waals surface area contributed by atoms with E-state index in [1.54, 1.807) is 18.7 Å². The first-order valence-electron chi connectivity index (χ1n) is 6.96. The van der Waals surface area contributed by atoms with Gasteiger partial charge < -0.3 is 9.80 Å². The van der Waals surface area contributed by atoms with Gasteiger partial charge in [-0.2, -0.15) is 9.67 Å². The fraction of sp³-hybridized carbons (Fsp3) is 0.462. The molecular formula is C13H16FN7O. The van der Waals surface area contributed by atoms with Crippen molar-refractivity contribution in [3.63, 3.8) is 0 Å². The SMILES string of the molecule is Cc1nc(C)n(-c2nc(N3CCN(C=O)CC3)ncc2F)n1. The highest BCUT2D eigenvalue weighted by Crippen LogP contribution is 2.16. The molecule has 0 atom stereocenters. The Balaban J connectivity index is 1.90. The summed E-state index contributed by atoms with van der Waals surface area (Å²) >= 11 is 0. The molecule has 22 heavy (non-hydrogen) atoms. The Morgan fingerprint density at radius 1 is 1.18 bits per heavy atom. The summed E-state index contributed by atoms with van der Waals surface area (Å²) < 4.78 is 15.4. The molecule has 1 amide bonds. The topological polar surface area (TPSA) is 80.0 Å². The van der Waals surface area contributed by atoms with Gasteiger partial charge >= 0.3 is 0 Å². The van der Waals surface area contributed by atoms with E-state index in [-0.39, 0.29) is 5.82 Å². The van der Waals surface area contributed by atoms with Crippen molar-refractivity contribution in [2.45, 2.75) is 13.8 Å². The molecule has 0 radical (unpaired) electrons. The van der Waals surface area contributed by atoms with Crippen LogP contribution >= 0.6 is 0 Å². The van der Waals surface area contributed by atoms with Crippen LogP contribution in [0, 0.1) is 19.7 Å². The van der Waals surface area contributed by atoms with Crippen molar-refractivity contribution >= 4 is 12.4 Å². The number of carbonyl (C=O) groups is 1. The molecule has 1 fully saturated rings. The van der Waals surface area contributed by atoms with Crippen LogP contribution in [0.2, 0.25) is 0 Å². The van der Waals surface area contributed by atoms with E-state index < -0.39 is 5.82 Å². The Morgan fingerprint density at radius 2 is 1.91 bits per heavy atom. The highest BCUT2D eigenvalue weighted by atomic mass is 19.1. The molecule has 8 nitrogen and oxygen atoms in total. The summed E-state index contributed by atoms with van der Waals surface area (Å²) in [7, 11) is 0. The molecule has 0 unspecified atom stereocenters. The molecular weight excluding hydrogens is 289 g/mol. The summed E-state index contributed by atoms with van der Waals surface area (Å²) in [5.41, 5.74) is 0. The maximum absolute atomic E-state index is 14.0. The van der Waals surface area contributed by atoms with Crippen molar-refractivity contribution < 1.29 is 9.18 Å². The Labute approximate surface area is 126 Å². The first-order chi connectivity index (χ1) is 10.6. The number of hydrogen-bond acceptors (Lipinski definition) is 6. The Hall–Kier alpha value is -2.58. The van der Waals surface area contributed by atoms with Gasteiger partial charge in [0.05, 0.1) is 6.20 Å². The predicted octanol–water partition coefficient (Wildman–Crippen LogP) is 0.0916. The van der Waals surface area contributed by atoms with Crippen molar-refractivity contribution in [2.24, 2.45) is 0 Å². The van der Waals surface area contributed by atoms with E-state index in [2.05, 4.69) is 20.1 Å². The molecule has 1 aliphatic heterocycles. The molecule has 116 valence electrons. The van der Waals surface area contributed by atoms with Crippen LogP contribution in [0.4, 0.5) is 10.3 Å². The number of amides is 1. The number of anilines is 1. The largest absolute Gasteiger partial charge is 0.342 e. The number of piperazine rings is 1. The van der Waals surface area contributed by atoms with Crippen molar-refractivity contribution in [1.82, 2.24) is 29.6 Å². The fourth-order valence-corrected chi connectivity index (χ4v) is 2.40. The van der Waals surface area contributed by atoms with Gasteiger partial charge in [-0.1, -0.05) is 0 Å². The smallest absolute Gasteiger partial charge is 0.227 e. The van der Waals surface area contributed by atoms with Crippen LogP contribution in [0.3, 0.4) is 0 Å². The molecule has 0 saturated carbocycles. The molecule has 0 spiro atoms. The first-order valence-corrected chi connectivity index (χ1v) is 6.96. The van der Waals surface area contributed by atoms with Gasteiger partial charge in [0.2, 0.25) is 12.4 Å². The quantitative estimate of drug-likeness (QED) is 0.748. The van der Waals surface area contributed by atoms with Gasteiger partial charge in [0.25, 0.3) is 0 Å². The number of halogens is 1. The summed E-state index contributed by atoms with van der Waals surface area (Å²) in [6.45, 7) is 5.90. The zero-order valence-electron chi connectivity index (χ0n) is 12.4. The number of nitrogens with zero attached hydrogens (tertiary/aromatic N) is 7. The van der Waals surface area contributed by atoms with E-state index in [0.29, 0.717) is 43.8 Å². The van der Waals surface area contributed by atoms with Crippen LogP contribution in [0.15, 0.2) is 6.20 Å². The third-order valence-electron chi connectivity index (χ3n) is 3.53. The van der Waals surface area contributed by atoms with Gasteiger partial charge in [0.1, 0.15) is 11.6 Å². The van der Waals surface area contributed by atoms with E-state index in [1.165, 1.54) is 4.68 Å². The number of rotatable bonds is 3. The van der Waals surface area contributed by atoms with Gasteiger partial charge in [-0.25, -0.2) is 14.4 Å². The van der Waals surface area contributed by atoms with E-state index in [0.717, 1.165) is 12.6 Å². The van der Waals surface area contributed by atoms with Gasteiger partial charge in [-0.05, 0) is 13.8 Å². The number of carbonyl (C=O) groups excluding carboxylic acids is 1. The predicted molar refractivity (Wildman–Crippen MR) is 76.2 cm³/mol. The lowest BCUT2D eigenvalue weighted by Gasteiger charge is -2.32.